The number of amides is 1. The number of fused-ring (bicyclic) bond motifs is 1. The van der Waals surface area contributed by atoms with Gasteiger partial charge in [0, 0.05) is 5.56 Å². The number of carbonyl (C=O) groups is 1. The van der Waals surface area contributed by atoms with E-state index in [-0.39, 0.29) is 5.91 Å². The molecule has 0 saturated carbocycles. The number of nitrogens with zero attached hydrogens (tertiary/aromatic N) is 2. The number of terminal acetylenes is 1. The number of hydrogen-bond acceptors (Lipinski definition) is 3. The maximum atomic E-state index is 12.5. The van der Waals surface area contributed by atoms with E-state index in [9.17, 15) is 4.79 Å². The van der Waals surface area contributed by atoms with Gasteiger partial charge in [0.2, 0.25) is 0 Å². The fourth-order valence-electron chi connectivity index (χ4n) is 2.54. The highest BCUT2D eigenvalue weighted by atomic mass is 32.1. The summed E-state index contributed by atoms with van der Waals surface area (Å²) in [5.74, 6) is 3.05. The SMILES string of the molecule is C#CCn1c(=NC(=O)c2ccc(OC)cc2)sc2cc(C)c(C)cc21. The summed E-state index contributed by atoms with van der Waals surface area (Å²) in [5, 5.41) is 0. The number of rotatable bonds is 3. The fraction of sp³-hybridized carbons (Fsp3) is 0.200. The average molecular weight is 350 g/mol. The van der Waals surface area contributed by atoms with Crippen molar-refractivity contribution in [2.75, 3.05) is 7.11 Å². The van der Waals surface area contributed by atoms with E-state index in [1.165, 1.54) is 22.5 Å². The minimum atomic E-state index is -0.298. The van der Waals surface area contributed by atoms with Crippen molar-refractivity contribution < 1.29 is 9.53 Å². The second kappa shape index (κ2) is 6.96. The molecule has 0 unspecified atom stereocenters. The Kier molecular flexibility index (Phi) is 4.73. The third-order valence-electron chi connectivity index (χ3n) is 4.08. The van der Waals surface area contributed by atoms with Gasteiger partial charge >= 0.3 is 0 Å². The van der Waals surface area contributed by atoms with Crippen LogP contribution in [0.4, 0.5) is 0 Å². The van der Waals surface area contributed by atoms with Gasteiger partial charge in [0.15, 0.2) is 4.80 Å². The van der Waals surface area contributed by atoms with Crippen molar-refractivity contribution in [3.05, 3.63) is 57.9 Å². The Morgan fingerprint density at radius 2 is 1.92 bits per heavy atom. The molecule has 0 fully saturated rings. The highest BCUT2D eigenvalue weighted by molar-refractivity contribution is 7.16. The molecule has 0 radical (unpaired) electrons. The molecule has 0 atom stereocenters. The van der Waals surface area contributed by atoms with Crippen molar-refractivity contribution >= 4 is 27.5 Å². The summed E-state index contributed by atoms with van der Waals surface area (Å²) in [7, 11) is 1.59. The topological polar surface area (TPSA) is 43.6 Å². The molecule has 0 aliphatic heterocycles. The molecular formula is C20H18N2O2S. The minimum absolute atomic E-state index is 0.298. The Morgan fingerprint density at radius 3 is 2.56 bits per heavy atom. The van der Waals surface area contributed by atoms with Crippen LogP contribution in [-0.4, -0.2) is 17.6 Å². The molecule has 0 aliphatic rings. The highest BCUT2D eigenvalue weighted by Crippen LogP contribution is 2.22. The van der Waals surface area contributed by atoms with Crippen molar-refractivity contribution in [2.45, 2.75) is 20.4 Å². The Hall–Kier alpha value is -2.84. The van der Waals surface area contributed by atoms with E-state index in [1.807, 2.05) is 4.57 Å². The first-order valence-electron chi connectivity index (χ1n) is 7.80. The van der Waals surface area contributed by atoms with E-state index in [2.05, 4.69) is 36.9 Å². The van der Waals surface area contributed by atoms with Crippen LogP contribution < -0.4 is 9.54 Å². The standard InChI is InChI=1S/C20H18N2O2S/c1-5-10-22-17-11-13(2)14(3)12-18(17)25-20(22)21-19(23)15-6-8-16(24-4)9-7-15/h1,6-9,11-12H,10H2,2-4H3. The Labute approximate surface area is 150 Å². The van der Waals surface area contributed by atoms with Crippen LogP contribution >= 0.6 is 11.3 Å². The molecule has 5 heteroatoms. The lowest BCUT2D eigenvalue weighted by molar-refractivity contribution is 0.0998. The number of aryl methyl sites for hydroxylation is 2. The van der Waals surface area contributed by atoms with Crippen molar-refractivity contribution in [1.29, 1.82) is 0 Å². The highest BCUT2D eigenvalue weighted by Gasteiger charge is 2.10. The minimum Gasteiger partial charge on any atom is -0.497 e. The molecule has 0 saturated heterocycles. The van der Waals surface area contributed by atoms with Gasteiger partial charge in [-0.05, 0) is 61.4 Å². The predicted molar refractivity (Wildman–Crippen MR) is 101 cm³/mol. The molecule has 4 nitrogen and oxygen atoms in total. The number of thiazole rings is 1. The van der Waals surface area contributed by atoms with Gasteiger partial charge in [-0.15, -0.1) is 6.42 Å². The van der Waals surface area contributed by atoms with Crippen LogP contribution in [0.2, 0.25) is 0 Å². The van der Waals surface area contributed by atoms with Gasteiger partial charge in [0.1, 0.15) is 5.75 Å². The van der Waals surface area contributed by atoms with Crippen molar-refractivity contribution in [1.82, 2.24) is 4.57 Å². The lowest BCUT2D eigenvalue weighted by atomic mass is 10.1. The zero-order valence-electron chi connectivity index (χ0n) is 14.4. The quantitative estimate of drug-likeness (QED) is 0.676. The molecule has 1 amide bonds. The van der Waals surface area contributed by atoms with Crippen LogP contribution in [0.25, 0.3) is 10.2 Å². The molecule has 1 heterocycles. The zero-order chi connectivity index (χ0) is 18.0. The smallest absolute Gasteiger partial charge is 0.279 e. The van der Waals surface area contributed by atoms with Crippen LogP contribution in [-0.2, 0) is 6.54 Å². The van der Waals surface area contributed by atoms with Gasteiger partial charge < -0.3 is 9.30 Å². The fourth-order valence-corrected chi connectivity index (χ4v) is 3.64. The Bertz CT molecular complexity index is 1050. The molecule has 0 spiro atoms. The Morgan fingerprint density at radius 1 is 1.24 bits per heavy atom. The van der Waals surface area contributed by atoms with Crippen LogP contribution in [0.15, 0.2) is 41.4 Å². The van der Waals surface area contributed by atoms with Crippen molar-refractivity contribution in [3.8, 4) is 18.1 Å². The molecule has 2 aromatic carbocycles. The first-order valence-corrected chi connectivity index (χ1v) is 8.62. The molecule has 25 heavy (non-hydrogen) atoms. The number of aromatic nitrogens is 1. The van der Waals surface area contributed by atoms with E-state index in [1.54, 1.807) is 31.4 Å². The van der Waals surface area contributed by atoms with Crippen molar-refractivity contribution in [2.24, 2.45) is 4.99 Å². The summed E-state index contributed by atoms with van der Waals surface area (Å²) in [5.41, 5.74) is 3.91. The summed E-state index contributed by atoms with van der Waals surface area (Å²) in [6, 6.07) is 11.1. The van der Waals surface area contributed by atoms with Crippen LogP contribution in [0, 0.1) is 26.2 Å². The summed E-state index contributed by atoms with van der Waals surface area (Å²) >= 11 is 1.47. The molecule has 1 aromatic heterocycles. The maximum absolute atomic E-state index is 12.5. The van der Waals surface area contributed by atoms with Crippen LogP contribution in [0.3, 0.4) is 0 Å². The maximum Gasteiger partial charge on any atom is 0.279 e. The van der Waals surface area contributed by atoms with Gasteiger partial charge in [-0.3, -0.25) is 4.79 Å². The number of ether oxygens (including phenoxy) is 1. The number of hydrogen-bond donors (Lipinski definition) is 0. The second-order valence-corrected chi connectivity index (χ2v) is 6.73. The van der Waals surface area contributed by atoms with Gasteiger partial charge in [-0.25, -0.2) is 0 Å². The van der Waals surface area contributed by atoms with E-state index >= 15 is 0 Å². The van der Waals surface area contributed by atoms with Gasteiger partial charge in [0.25, 0.3) is 5.91 Å². The molecule has 0 bridgehead atoms. The first kappa shape index (κ1) is 17.0. The summed E-state index contributed by atoms with van der Waals surface area (Å²) in [4.78, 5) is 17.4. The van der Waals surface area contributed by atoms with Gasteiger partial charge in [-0.2, -0.15) is 4.99 Å². The third kappa shape index (κ3) is 3.35. The van der Waals surface area contributed by atoms with Crippen LogP contribution in [0.1, 0.15) is 21.5 Å². The normalized spacial score (nSPS) is 11.5. The zero-order valence-corrected chi connectivity index (χ0v) is 15.2. The van der Waals surface area contributed by atoms with Crippen molar-refractivity contribution in [3.63, 3.8) is 0 Å². The number of benzene rings is 2. The van der Waals surface area contributed by atoms with E-state index in [0.29, 0.717) is 22.7 Å². The summed E-state index contributed by atoms with van der Waals surface area (Å²) < 4.78 is 8.09. The third-order valence-corrected chi connectivity index (χ3v) is 5.12. The van der Waals surface area contributed by atoms with E-state index < -0.39 is 0 Å². The van der Waals surface area contributed by atoms with Gasteiger partial charge in [0.05, 0.1) is 23.9 Å². The predicted octanol–water partition coefficient (Wildman–Crippen LogP) is 3.70. The summed E-state index contributed by atoms with van der Waals surface area (Å²) in [6.07, 6.45) is 5.51. The Balaban J connectivity index is 2.12. The lowest BCUT2D eigenvalue weighted by Gasteiger charge is -2.03. The van der Waals surface area contributed by atoms with E-state index in [0.717, 1.165) is 10.2 Å². The summed E-state index contributed by atoms with van der Waals surface area (Å²) in [6.45, 7) is 4.50. The molecule has 0 aliphatic carbocycles. The second-order valence-electron chi connectivity index (χ2n) is 5.72. The largest absolute Gasteiger partial charge is 0.497 e. The number of carbonyl (C=O) groups excluding carboxylic acids is 1. The average Bonchev–Trinajstić information content (AvgIpc) is 2.92. The molecule has 3 rings (SSSR count). The monoisotopic (exact) mass is 350 g/mol. The molecular weight excluding hydrogens is 332 g/mol. The van der Waals surface area contributed by atoms with Crippen LogP contribution in [0.5, 0.6) is 5.75 Å². The first-order chi connectivity index (χ1) is 12.0. The lowest BCUT2D eigenvalue weighted by Crippen LogP contribution is -2.16. The van der Waals surface area contributed by atoms with Gasteiger partial charge in [-0.1, -0.05) is 17.3 Å². The molecule has 3 aromatic rings. The van der Waals surface area contributed by atoms with E-state index in [4.69, 9.17) is 11.2 Å². The molecule has 126 valence electrons. The number of methoxy groups -OCH3 is 1. The molecule has 0 N–H and O–H groups in total.